The van der Waals surface area contributed by atoms with Gasteiger partial charge in [-0.3, -0.25) is 0 Å². The predicted molar refractivity (Wildman–Crippen MR) is 89.6 cm³/mol. The number of ether oxygens (including phenoxy) is 1. The molecule has 0 aliphatic rings. The normalized spacial score (nSPS) is 14.1. The van der Waals surface area contributed by atoms with Crippen LogP contribution >= 0.6 is 27.3 Å². The van der Waals surface area contributed by atoms with Crippen LogP contribution in [0, 0.1) is 13.8 Å². The van der Waals surface area contributed by atoms with Gasteiger partial charge in [0.15, 0.2) is 0 Å². The average molecular weight is 354 g/mol. The Hall–Kier alpha value is -0.840. The van der Waals surface area contributed by atoms with Crippen LogP contribution in [-0.2, 0) is 0 Å². The molecule has 0 aliphatic carbocycles. The second kappa shape index (κ2) is 6.74. The van der Waals surface area contributed by atoms with Crippen molar-refractivity contribution in [3.05, 3.63) is 50.1 Å². The standard InChI is InChI=1S/C16H20BrNOS/c1-4-13(18)15(16-11(3)7-8-20-16)19-14-6-5-10(2)9-12(14)17/h5-9,13,15H,4,18H2,1-3H3. The number of hydrogen-bond acceptors (Lipinski definition) is 3. The Morgan fingerprint density at radius 1 is 1.30 bits per heavy atom. The first kappa shape index (κ1) is 15.5. The van der Waals surface area contributed by atoms with Crippen molar-refractivity contribution in [1.29, 1.82) is 0 Å². The monoisotopic (exact) mass is 353 g/mol. The molecule has 2 rings (SSSR count). The molecule has 0 radical (unpaired) electrons. The number of hydrogen-bond donors (Lipinski definition) is 1. The van der Waals surface area contributed by atoms with Gasteiger partial charge in [0.2, 0.25) is 0 Å². The van der Waals surface area contributed by atoms with E-state index in [1.54, 1.807) is 11.3 Å². The highest BCUT2D eigenvalue weighted by molar-refractivity contribution is 9.10. The van der Waals surface area contributed by atoms with E-state index in [4.69, 9.17) is 10.5 Å². The fourth-order valence-electron chi connectivity index (χ4n) is 2.06. The Labute approximate surface area is 133 Å². The second-order valence-corrected chi connectivity index (χ2v) is 6.81. The number of halogens is 1. The zero-order valence-corrected chi connectivity index (χ0v) is 14.4. The minimum atomic E-state index is -0.0981. The van der Waals surface area contributed by atoms with E-state index in [1.807, 2.05) is 6.07 Å². The molecule has 2 atom stereocenters. The molecule has 0 aliphatic heterocycles. The van der Waals surface area contributed by atoms with Gasteiger partial charge in [-0.15, -0.1) is 11.3 Å². The van der Waals surface area contributed by atoms with E-state index in [2.05, 4.69) is 60.3 Å². The molecule has 2 N–H and O–H groups in total. The number of rotatable bonds is 5. The molecular weight excluding hydrogens is 334 g/mol. The third kappa shape index (κ3) is 3.43. The third-order valence-electron chi connectivity index (χ3n) is 3.36. The largest absolute Gasteiger partial charge is 0.482 e. The van der Waals surface area contributed by atoms with Crippen molar-refractivity contribution >= 4 is 27.3 Å². The van der Waals surface area contributed by atoms with Crippen LogP contribution in [0.5, 0.6) is 5.75 Å². The molecule has 2 nitrogen and oxygen atoms in total. The minimum absolute atomic E-state index is 0.0134. The Bertz CT molecular complexity index is 582. The molecule has 1 aromatic carbocycles. The lowest BCUT2D eigenvalue weighted by atomic mass is 10.1. The van der Waals surface area contributed by atoms with Gasteiger partial charge in [-0.05, 0) is 70.9 Å². The summed E-state index contributed by atoms with van der Waals surface area (Å²) in [6.45, 7) is 6.26. The zero-order valence-electron chi connectivity index (χ0n) is 12.0. The molecule has 20 heavy (non-hydrogen) atoms. The molecule has 2 aromatic rings. The summed E-state index contributed by atoms with van der Waals surface area (Å²) in [4.78, 5) is 1.21. The van der Waals surface area contributed by atoms with Crippen LogP contribution in [0.15, 0.2) is 34.1 Å². The van der Waals surface area contributed by atoms with Crippen LogP contribution in [0.25, 0.3) is 0 Å². The highest BCUT2D eigenvalue weighted by atomic mass is 79.9. The maximum atomic E-state index is 6.27. The topological polar surface area (TPSA) is 35.2 Å². The molecule has 0 bridgehead atoms. The highest BCUT2D eigenvalue weighted by Gasteiger charge is 2.24. The van der Waals surface area contributed by atoms with Gasteiger partial charge in [0, 0.05) is 10.9 Å². The van der Waals surface area contributed by atoms with Gasteiger partial charge < -0.3 is 10.5 Å². The van der Waals surface area contributed by atoms with E-state index in [0.29, 0.717) is 0 Å². The number of aryl methyl sites for hydroxylation is 2. The van der Waals surface area contributed by atoms with Crippen LogP contribution in [0.2, 0.25) is 0 Å². The summed E-state index contributed by atoms with van der Waals surface area (Å²) in [5.41, 5.74) is 8.72. The van der Waals surface area contributed by atoms with Gasteiger partial charge >= 0.3 is 0 Å². The molecule has 1 heterocycles. The summed E-state index contributed by atoms with van der Waals surface area (Å²) in [5.74, 6) is 0.845. The molecule has 0 amide bonds. The Balaban J connectivity index is 2.31. The fourth-order valence-corrected chi connectivity index (χ4v) is 3.68. The van der Waals surface area contributed by atoms with Gasteiger partial charge in [-0.25, -0.2) is 0 Å². The van der Waals surface area contributed by atoms with Crippen molar-refractivity contribution in [3.63, 3.8) is 0 Å². The Morgan fingerprint density at radius 3 is 2.60 bits per heavy atom. The van der Waals surface area contributed by atoms with E-state index in [-0.39, 0.29) is 12.1 Å². The lowest BCUT2D eigenvalue weighted by Crippen LogP contribution is -2.31. The van der Waals surface area contributed by atoms with E-state index < -0.39 is 0 Å². The first-order valence-corrected chi connectivity index (χ1v) is 8.42. The minimum Gasteiger partial charge on any atom is -0.482 e. The lowest BCUT2D eigenvalue weighted by molar-refractivity contribution is 0.173. The van der Waals surface area contributed by atoms with Crippen molar-refractivity contribution in [1.82, 2.24) is 0 Å². The fraction of sp³-hybridized carbons (Fsp3) is 0.375. The highest BCUT2D eigenvalue weighted by Crippen LogP contribution is 2.35. The molecule has 2 unspecified atom stereocenters. The smallest absolute Gasteiger partial charge is 0.148 e. The van der Waals surface area contributed by atoms with Crippen molar-refractivity contribution in [2.75, 3.05) is 0 Å². The Kier molecular flexibility index (Phi) is 5.24. The SMILES string of the molecule is CCC(N)C(Oc1ccc(C)cc1Br)c1sccc1C. The van der Waals surface area contributed by atoms with Crippen LogP contribution < -0.4 is 10.5 Å². The van der Waals surface area contributed by atoms with Crippen molar-refractivity contribution in [2.24, 2.45) is 5.73 Å². The van der Waals surface area contributed by atoms with Crippen molar-refractivity contribution in [3.8, 4) is 5.75 Å². The van der Waals surface area contributed by atoms with Gasteiger partial charge in [-0.2, -0.15) is 0 Å². The summed E-state index contributed by atoms with van der Waals surface area (Å²) in [7, 11) is 0. The van der Waals surface area contributed by atoms with E-state index >= 15 is 0 Å². The Morgan fingerprint density at radius 2 is 2.05 bits per heavy atom. The molecule has 1 aromatic heterocycles. The summed E-state index contributed by atoms with van der Waals surface area (Å²) < 4.78 is 7.19. The summed E-state index contributed by atoms with van der Waals surface area (Å²) >= 11 is 5.28. The van der Waals surface area contributed by atoms with Gasteiger partial charge in [-0.1, -0.05) is 13.0 Å². The van der Waals surface area contributed by atoms with Crippen LogP contribution in [-0.4, -0.2) is 6.04 Å². The molecule has 0 spiro atoms. The summed E-state index contributed by atoms with van der Waals surface area (Å²) in [6.07, 6.45) is 0.782. The first-order chi connectivity index (χ1) is 9.52. The average Bonchev–Trinajstić information content (AvgIpc) is 2.83. The maximum absolute atomic E-state index is 6.27. The molecule has 4 heteroatoms. The molecule has 0 fully saturated rings. The maximum Gasteiger partial charge on any atom is 0.148 e. The summed E-state index contributed by atoms with van der Waals surface area (Å²) in [6, 6.07) is 8.21. The van der Waals surface area contributed by atoms with Crippen LogP contribution in [0.1, 0.15) is 35.5 Å². The van der Waals surface area contributed by atoms with Crippen molar-refractivity contribution in [2.45, 2.75) is 39.3 Å². The van der Waals surface area contributed by atoms with E-state index in [1.165, 1.54) is 16.0 Å². The number of benzene rings is 1. The van der Waals surface area contributed by atoms with Gasteiger partial charge in [0.05, 0.1) is 4.47 Å². The van der Waals surface area contributed by atoms with Crippen LogP contribution in [0.4, 0.5) is 0 Å². The van der Waals surface area contributed by atoms with Crippen molar-refractivity contribution < 1.29 is 4.74 Å². The van der Waals surface area contributed by atoms with Gasteiger partial charge in [0.1, 0.15) is 11.9 Å². The zero-order chi connectivity index (χ0) is 14.7. The predicted octanol–water partition coefficient (Wildman–Crippen LogP) is 4.98. The number of nitrogens with two attached hydrogens (primary N) is 1. The summed E-state index contributed by atoms with van der Waals surface area (Å²) in [5, 5.41) is 2.09. The van der Waals surface area contributed by atoms with E-state index in [9.17, 15) is 0 Å². The van der Waals surface area contributed by atoms with Crippen LogP contribution in [0.3, 0.4) is 0 Å². The first-order valence-electron chi connectivity index (χ1n) is 6.75. The molecule has 108 valence electrons. The van der Waals surface area contributed by atoms with Gasteiger partial charge in [0.25, 0.3) is 0 Å². The lowest BCUT2D eigenvalue weighted by Gasteiger charge is -2.25. The second-order valence-electron chi connectivity index (χ2n) is 5.01. The molecule has 0 saturated carbocycles. The quantitative estimate of drug-likeness (QED) is 0.821. The third-order valence-corrected chi connectivity index (χ3v) is 5.06. The molecule has 0 saturated heterocycles. The molecular formula is C16H20BrNOS. The number of thiophene rings is 1. The van der Waals surface area contributed by atoms with E-state index in [0.717, 1.165) is 16.6 Å².